The molecule has 1 aliphatic rings. The van der Waals surface area contributed by atoms with Crippen molar-refractivity contribution in [1.82, 2.24) is 0 Å². The highest BCUT2D eigenvalue weighted by molar-refractivity contribution is 6.30. The zero-order valence-electron chi connectivity index (χ0n) is 11.6. The van der Waals surface area contributed by atoms with Crippen molar-refractivity contribution in [2.45, 2.75) is 19.4 Å². The normalized spacial score (nSPS) is 14.8. The lowest BCUT2D eigenvalue weighted by Crippen LogP contribution is -2.23. The van der Waals surface area contributed by atoms with Crippen molar-refractivity contribution in [2.75, 3.05) is 11.4 Å². The molecule has 1 heterocycles. The van der Waals surface area contributed by atoms with Crippen LogP contribution in [0.15, 0.2) is 42.5 Å². The van der Waals surface area contributed by atoms with Gasteiger partial charge in [0.25, 0.3) is 0 Å². The standard InChI is InChI=1S/C17H16ClNO2/c18-14-5-3-12(4-6-14)16-8-7-15(10-13(16)11-20)19-9-1-2-17(19)21/h3-8,10,20H,1-2,9,11H2. The van der Waals surface area contributed by atoms with Crippen molar-refractivity contribution in [3.63, 3.8) is 0 Å². The Kier molecular flexibility index (Phi) is 3.95. The fraction of sp³-hybridized carbons (Fsp3) is 0.235. The first-order valence-electron chi connectivity index (χ1n) is 6.99. The molecule has 21 heavy (non-hydrogen) atoms. The second-order valence-electron chi connectivity index (χ2n) is 5.16. The number of aliphatic hydroxyl groups excluding tert-OH is 1. The van der Waals surface area contributed by atoms with E-state index in [1.54, 1.807) is 4.90 Å². The van der Waals surface area contributed by atoms with E-state index in [-0.39, 0.29) is 12.5 Å². The number of carbonyl (C=O) groups is 1. The summed E-state index contributed by atoms with van der Waals surface area (Å²) in [6.45, 7) is 0.692. The monoisotopic (exact) mass is 301 g/mol. The Balaban J connectivity index is 1.99. The van der Waals surface area contributed by atoms with Crippen molar-refractivity contribution in [1.29, 1.82) is 0 Å². The van der Waals surface area contributed by atoms with Gasteiger partial charge in [0.05, 0.1) is 6.61 Å². The summed E-state index contributed by atoms with van der Waals surface area (Å²) in [7, 11) is 0. The van der Waals surface area contributed by atoms with Gasteiger partial charge >= 0.3 is 0 Å². The molecule has 1 N–H and O–H groups in total. The minimum Gasteiger partial charge on any atom is -0.392 e. The molecule has 0 atom stereocenters. The van der Waals surface area contributed by atoms with Gasteiger partial charge in [-0.25, -0.2) is 0 Å². The Labute approximate surface area is 128 Å². The maximum atomic E-state index is 11.8. The van der Waals surface area contributed by atoms with Crippen LogP contribution < -0.4 is 4.90 Å². The van der Waals surface area contributed by atoms with Gasteiger partial charge in [-0.15, -0.1) is 0 Å². The van der Waals surface area contributed by atoms with Gasteiger partial charge in [-0.3, -0.25) is 4.79 Å². The Morgan fingerprint density at radius 3 is 2.52 bits per heavy atom. The molecule has 3 nitrogen and oxygen atoms in total. The molecule has 3 rings (SSSR count). The second-order valence-corrected chi connectivity index (χ2v) is 5.59. The van der Waals surface area contributed by atoms with Crippen LogP contribution in [0.4, 0.5) is 5.69 Å². The second kappa shape index (κ2) is 5.88. The molecular formula is C17H16ClNO2. The fourth-order valence-electron chi connectivity index (χ4n) is 2.71. The van der Waals surface area contributed by atoms with Gasteiger partial charge in [-0.05, 0) is 47.4 Å². The van der Waals surface area contributed by atoms with Crippen LogP contribution in [0, 0.1) is 0 Å². The third kappa shape index (κ3) is 2.80. The van der Waals surface area contributed by atoms with Gasteiger partial charge in [0, 0.05) is 23.7 Å². The Bertz CT molecular complexity index is 667. The highest BCUT2D eigenvalue weighted by Gasteiger charge is 2.22. The number of hydrogen-bond donors (Lipinski definition) is 1. The minimum atomic E-state index is -0.0617. The smallest absolute Gasteiger partial charge is 0.227 e. The van der Waals surface area contributed by atoms with Crippen molar-refractivity contribution in [3.05, 3.63) is 53.1 Å². The predicted octanol–water partition coefficient (Wildman–Crippen LogP) is 3.63. The van der Waals surface area contributed by atoms with Crippen LogP contribution in [0.5, 0.6) is 0 Å². The summed E-state index contributed by atoms with van der Waals surface area (Å²) in [6, 6.07) is 13.3. The van der Waals surface area contributed by atoms with Crippen molar-refractivity contribution >= 4 is 23.2 Å². The van der Waals surface area contributed by atoms with Crippen LogP contribution in [0.2, 0.25) is 5.02 Å². The summed E-state index contributed by atoms with van der Waals surface area (Å²) < 4.78 is 0. The average molecular weight is 302 g/mol. The summed E-state index contributed by atoms with van der Waals surface area (Å²) in [5.74, 6) is 0.151. The highest BCUT2D eigenvalue weighted by Crippen LogP contribution is 2.30. The van der Waals surface area contributed by atoms with Gasteiger partial charge in [0.1, 0.15) is 0 Å². The van der Waals surface area contributed by atoms with Gasteiger partial charge in [-0.1, -0.05) is 29.8 Å². The molecule has 0 radical (unpaired) electrons. The first-order chi connectivity index (χ1) is 10.2. The van der Waals surface area contributed by atoms with E-state index in [0.717, 1.165) is 35.3 Å². The number of halogens is 1. The molecular weight excluding hydrogens is 286 g/mol. The number of nitrogens with zero attached hydrogens (tertiary/aromatic N) is 1. The highest BCUT2D eigenvalue weighted by atomic mass is 35.5. The van der Waals surface area contributed by atoms with E-state index in [2.05, 4.69) is 0 Å². The lowest BCUT2D eigenvalue weighted by Gasteiger charge is -2.18. The molecule has 1 amide bonds. The Morgan fingerprint density at radius 1 is 1.14 bits per heavy atom. The van der Waals surface area contributed by atoms with E-state index in [1.165, 1.54) is 0 Å². The van der Waals surface area contributed by atoms with Crippen LogP contribution in [0.1, 0.15) is 18.4 Å². The molecule has 0 aromatic heterocycles. The number of amides is 1. The van der Waals surface area contributed by atoms with Crippen LogP contribution in [-0.2, 0) is 11.4 Å². The third-order valence-corrected chi connectivity index (χ3v) is 4.05. The summed E-state index contributed by atoms with van der Waals surface area (Å²) in [5.41, 5.74) is 3.64. The molecule has 1 fully saturated rings. The lowest BCUT2D eigenvalue weighted by molar-refractivity contribution is -0.117. The van der Waals surface area contributed by atoms with Gasteiger partial charge in [0.2, 0.25) is 5.91 Å². The molecule has 108 valence electrons. The van der Waals surface area contributed by atoms with Crippen molar-refractivity contribution < 1.29 is 9.90 Å². The Morgan fingerprint density at radius 2 is 1.90 bits per heavy atom. The minimum absolute atomic E-state index is 0.0617. The molecule has 0 unspecified atom stereocenters. The Hall–Kier alpha value is -1.84. The number of benzene rings is 2. The average Bonchev–Trinajstić information content (AvgIpc) is 2.94. The van der Waals surface area contributed by atoms with Crippen LogP contribution in [0.25, 0.3) is 11.1 Å². The van der Waals surface area contributed by atoms with Gasteiger partial charge < -0.3 is 10.0 Å². The molecule has 0 spiro atoms. The number of rotatable bonds is 3. The van der Waals surface area contributed by atoms with Crippen molar-refractivity contribution in [2.24, 2.45) is 0 Å². The zero-order valence-corrected chi connectivity index (χ0v) is 12.3. The van der Waals surface area contributed by atoms with Crippen LogP contribution in [0.3, 0.4) is 0 Å². The largest absolute Gasteiger partial charge is 0.392 e. The van der Waals surface area contributed by atoms with E-state index < -0.39 is 0 Å². The van der Waals surface area contributed by atoms with E-state index in [9.17, 15) is 9.90 Å². The summed E-state index contributed by atoms with van der Waals surface area (Å²) in [6.07, 6.45) is 1.50. The molecule has 2 aromatic rings. The van der Waals surface area contributed by atoms with E-state index in [1.807, 2.05) is 42.5 Å². The van der Waals surface area contributed by atoms with E-state index in [4.69, 9.17) is 11.6 Å². The maximum absolute atomic E-state index is 11.8. The molecule has 0 bridgehead atoms. The first-order valence-corrected chi connectivity index (χ1v) is 7.37. The topological polar surface area (TPSA) is 40.5 Å². The number of anilines is 1. The molecule has 4 heteroatoms. The summed E-state index contributed by atoms with van der Waals surface area (Å²) in [5, 5.41) is 10.3. The molecule has 0 aliphatic carbocycles. The van der Waals surface area contributed by atoms with Crippen LogP contribution >= 0.6 is 11.6 Å². The van der Waals surface area contributed by atoms with Crippen molar-refractivity contribution in [3.8, 4) is 11.1 Å². The van der Waals surface area contributed by atoms with Gasteiger partial charge in [-0.2, -0.15) is 0 Å². The summed E-state index contributed by atoms with van der Waals surface area (Å²) >= 11 is 5.91. The van der Waals surface area contributed by atoms with Gasteiger partial charge in [0.15, 0.2) is 0 Å². The molecule has 2 aromatic carbocycles. The number of hydrogen-bond acceptors (Lipinski definition) is 2. The number of carbonyl (C=O) groups excluding carboxylic acids is 1. The SMILES string of the molecule is O=C1CCCN1c1ccc(-c2ccc(Cl)cc2)c(CO)c1. The van der Waals surface area contributed by atoms with E-state index >= 15 is 0 Å². The zero-order chi connectivity index (χ0) is 14.8. The fourth-order valence-corrected chi connectivity index (χ4v) is 2.84. The maximum Gasteiger partial charge on any atom is 0.227 e. The molecule has 0 saturated carbocycles. The van der Waals surface area contributed by atoms with E-state index in [0.29, 0.717) is 11.4 Å². The molecule has 1 aliphatic heterocycles. The quantitative estimate of drug-likeness (QED) is 0.940. The molecule has 1 saturated heterocycles. The number of aliphatic hydroxyl groups is 1. The predicted molar refractivity (Wildman–Crippen MR) is 84.4 cm³/mol. The first kappa shape index (κ1) is 14.1. The van der Waals surface area contributed by atoms with Crippen LogP contribution in [-0.4, -0.2) is 17.6 Å². The lowest BCUT2D eigenvalue weighted by atomic mass is 9.99. The summed E-state index contributed by atoms with van der Waals surface area (Å²) in [4.78, 5) is 13.6. The third-order valence-electron chi connectivity index (χ3n) is 3.80.